The Balaban J connectivity index is 1.86. The number of likely N-dealkylation sites (tertiary alicyclic amines) is 1. The highest BCUT2D eigenvalue weighted by Crippen LogP contribution is 2.13. The van der Waals surface area contributed by atoms with Crippen LogP contribution in [0.4, 0.5) is 0 Å². The molecule has 1 saturated heterocycles. The van der Waals surface area contributed by atoms with Gasteiger partial charge in [-0.25, -0.2) is 0 Å². The van der Waals surface area contributed by atoms with E-state index in [1.54, 1.807) is 0 Å². The van der Waals surface area contributed by atoms with Crippen LogP contribution in [0.2, 0.25) is 0 Å². The summed E-state index contributed by atoms with van der Waals surface area (Å²) in [7, 11) is 0. The van der Waals surface area contributed by atoms with Crippen molar-refractivity contribution in [3.8, 4) is 0 Å². The summed E-state index contributed by atoms with van der Waals surface area (Å²) in [4.78, 5) is 2.34. The van der Waals surface area contributed by atoms with E-state index in [1.165, 1.54) is 11.5 Å². The molecule has 4 nitrogen and oxygen atoms in total. The molecule has 2 heterocycles. The lowest BCUT2D eigenvalue weighted by atomic mass is 10.2. The predicted octanol–water partition coefficient (Wildman–Crippen LogP) is 0.885. The van der Waals surface area contributed by atoms with Crippen molar-refractivity contribution in [3.05, 3.63) is 11.1 Å². The Morgan fingerprint density at radius 1 is 1.50 bits per heavy atom. The quantitative estimate of drug-likeness (QED) is 0.792. The van der Waals surface area contributed by atoms with E-state index in [1.807, 2.05) is 5.38 Å². The fourth-order valence-electron chi connectivity index (χ4n) is 1.78. The third-order valence-corrected chi connectivity index (χ3v) is 3.13. The van der Waals surface area contributed by atoms with Crippen LogP contribution >= 0.6 is 11.5 Å². The summed E-state index contributed by atoms with van der Waals surface area (Å²) < 4.78 is 3.84. The van der Waals surface area contributed by atoms with Gasteiger partial charge in [-0.15, -0.1) is 5.10 Å². The van der Waals surface area contributed by atoms with E-state index >= 15 is 0 Å². The summed E-state index contributed by atoms with van der Waals surface area (Å²) in [6.07, 6.45) is 2.80. The summed E-state index contributed by atoms with van der Waals surface area (Å²) in [5.74, 6) is 0. The smallest absolute Gasteiger partial charge is 0.0895 e. The molecule has 5 heteroatoms. The molecule has 1 aliphatic rings. The Morgan fingerprint density at radius 3 is 3.21 bits per heavy atom. The molecule has 2 rings (SSSR count). The molecule has 0 amide bonds. The van der Waals surface area contributed by atoms with E-state index in [4.69, 9.17) is 0 Å². The van der Waals surface area contributed by atoms with Gasteiger partial charge < -0.3 is 5.11 Å². The molecule has 14 heavy (non-hydrogen) atoms. The van der Waals surface area contributed by atoms with Crippen molar-refractivity contribution in [1.29, 1.82) is 0 Å². The second-order valence-electron chi connectivity index (χ2n) is 3.76. The molecule has 1 aromatic heterocycles. The molecule has 0 saturated carbocycles. The highest BCUT2D eigenvalue weighted by molar-refractivity contribution is 7.03. The monoisotopic (exact) mass is 213 g/mol. The summed E-state index contributed by atoms with van der Waals surface area (Å²) in [5.41, 5.74) is 1.05. The third-order valence-electron chi connectivity index (χ3n) is 2.58. The number of hydrogen-bond donors (Lipinski definition) is 1. The number of rotatable bonds is 2. The Kier molecular flexibility index (Phi) is 3.44. The Morgan fingerprint density at radius 2 is 2.43 bits per heavy atom. The second-order valence-corrected chi connectivity index (χ2v) is 4.37. The van der Waals surface area contributed by atoms with Gasteiger partial charge >= 0.3 is 0 Å². The average molecular weight is 213 g/mol. The minimum Gasteiger partial charge on any atom is -0.393 e. The molecule has 1 N–H and O–H groups in total. The zero-order chi connectivity index (χ0) is 9.80. The first-order valence-corrected chi connectivity index (χ1v) is 5.84. The summed E-state index contributed by atoms with van der Waals surface area (Å²) in [6, 6.07) is 0. The Hall–Kier alpha value is -0.520. The van der Waals surface area contributed by atoms with Crippen LogP contribution in [0.3, 0.4) is 0 Å². The van der Waals surface area contributed by atoms with Crippen LogP contribution in [0.5, 0.6) is 0 Å². The first-order chi connectivity index (χ1) is 6.84. The lowest BCUT2D eigenvalue weighted by molar-refractivity contribution is 0.154. The number of aromatic nitrogens is 2. The molecular weight excluding hydrogens is 198 g/mol. The minimum absolute atomic E-state index is 0.103. The second kappa shape index (κ2) is 4.82. The molecule has 78 valence electrons. The van der Waals surface area contributed by atoms with Gasteiger partial charge in [0.15, 0.2) is 0 Å². The van der Waals surface area contributed by atoms with Gasteiger partial charge in [0.1, 0.15) is 0 Å². The van der Waals surface area contributed by atoms with Gasteiger partial charge in [-0.3, -0.25) is 4.90 Å². The molecule has 0 aliphatic carbocycles. The van der Waals surface area contributed by atoms with E-state index in [9.17, 15) is 5.11 Å². The summed E-state index contributed by atoms with van der Waals surface area (Å²) in [6.45, 7) is 2.91. The number of aliphatic hydroxyl groups excluding tert-OH is 1. The fourth-order valence-corrected chi connectivity index (χ4v) is 2.22. The first kappa shape index (κ1) is 10.0. The molecular formula is C9H15N3OS. The van der Waals surface area contributed by atoms with Crippen LogP contribution in [0.25, 0.3) is 0 Å². The van der Waals surface area contributed by atoms with Crippen molar-refractivity contribution in [2.24, 2.45) is 0 Å². The maximum absolute atomic E-state index is 9.48. The molecule has 1 unspecified atom stereocenters. The normalized spacial score (nSPS) is 24.8. The Labute approximate surface area is 87.7 Å². The Bertz CT molecular complexity index is 265. The van der Waals surface area contributed by atoms with Crippen molar-refractivity contribution in [2.45, 2.75) is 31.9 Å². The molecule has 1 atom stereocenters. The van der Waals surface area contributed by atoms with Gasteiger partial charge in [0.2, 0.25) is 0 Å². The topological polar surface area (TPSA) is 49.2 Å². The fraction of sp³-hybridized carbons (Fsp3) is 0.778. The van der Waals surface area contributed by atoms with Crippen LogP contribution in [0.15, 0.2) is 5.38 Å². The van der Waals surface area contributed by atoms with E-state index in [0.29, 0.717) is 0 Å². The maximum atomic E-state index is 9.48. The van der Waals surface area contributed by atoms with Gasteiger partial charge in [0.25, 0.3) is 0 Å². The zero-order valence-corrected chi connectivity index (χ0v) is 8.91. The SMILES string of the molecule is OC1CCCN(Cc2csnn2)CC1. The van der Waals surface area contributed by atoms with Gasteiger partial charge in [-0.2, -0.15) is 0 Å². The largest absolute Gasteiger partial charge is 0.393 e. The van der Waals surface area contributed by atoms with Crippen molar-refractivity contribution in [2.75, 3.05) is 13.1 Å². The van der Waals surface area contributed by atoms with Crippen LogP contribution in [0.1, 0.15) is 25.0 Å². The first-order valence-electron chi connectivity index (χ1n) is 5.01. The van der Waals surface area contributed by atoms with Crippen molar-refractivity contribution in [3.63, 3.8) is 0 Å². The molecule has 0 radical (unpaired) electrons. The third kappa shape index (κ3) is 2.73. The molecule has 1 fully saturated rings. The van der Waals surface area contributed by atoms with Gasteiger partial charge in [0.05, 0.1) is 11.8 Å². The maximum Gasteiger partial charge on any atom is 0.0895 e. The summed E-state index contributed by atoms with van der Waals surface area (Å²) >= 11 is 1.40. The van der Waals surface area contributed by atoms with Crippen molar-refractivity contribution < 1.29 is 5.11 Å². The molecule has 1 aliphatic heterocycles. The van der Waals surface area contributed by atoms with E-state index < -0.39 is 0 Å². The summed E-state index contributed by atoms with van der Waals surface area (Å²) in [5, 5.41) is 15.5. The molecule has 1 aromatic rings. The van der Waals surface area contributed by atoms with Gasteiger partial charge in [-0.05, 0) is 37.3 Å². The molecule has 0 aromatic carbocycles. The van der Waals surface area contributed by atoms with Crippen LogP contribution in [-0.2, 0) is 6.54 Å². The zero-order valence-electron chi connectivity index (χ0n) is 8.09. The number of hydrogen-bond acceptors (Lipinski definition) is 5. The highest BCUT2D eigenvalue weighted by atomic mass is 32.1. The van der Waals surface area contributed by atoms with E-state index in [2.05, 4.69) is 14.5 Å². The lowest BCUT2D eigenvalue weighted by Crippen LogP contribution is -2.24. The van der Waals surface area contributed by atoms with E-state index in [0.717, 1.165) is 44.6 Å². The van der Waals surface area contributed by atoms with E-state index in [-0.39, 0.29) is 6.10 Å². The molecule has 0 spiro atoms. The van der Waals surface area contributed by atoms with Gasteiger partial charge in [-0.1, -0.05) is 4.49 Å². The predicted molar refractivity (Wildman–Crippen MR) is 55.0 cm³/mol. The average Bonchev–Trinajstić information content (AvgIpc) is 2.58. The number of nitrogens with zero attached hydrogens (tertiary/aromatic N) is 3. The molecule has 0 bridgehead atoms. The highest BCUT2D eigenvalue weighted by Gasteiger charge is 2.15. The van der Waals surface area contributed by atoms with Crippen LogP contribution in [-0.4, -0.2) is 38.8 Å². The van der Waals surface area contributed by atoms with Crippen LogP contribution in [0, 0.1) is 0 Å². The lowest BCUT2D eigenvalue weighted by Gasteiger charge is -2.17. The van der Waals surface area contributed by atoms with Crippen molar-refractivity contribution >= 4 is 11.5 Å². The van der Waals surface area contributed by atoms with Crippen LogP contribution < -0.4 is 0 Å². The van der Waals surface area contributed by atoms with Gasteiger partial charge in [0, 0.05) is 18.5 Å². The number of aliphatic hydroxyl groups is 1. The standard InChI is InChI=1S/C9H15N3OS/c13-9-2-1-4-12(5-3-9)6-8-7-14-11-10-8/h7,9,13H,1-6H2. The van der Waals surface area contributed by atoms with Crippen molar-refractivity contribution in [1.82, 2.24) is 14.5 Å². The minimum atomic E-state index is -0.103.